The van der Waals surface area contributed by atoms with Gasteiger partial charge in [0.1, 0.15) is 17.3 Å². The van der Waals surface area contributed by atoms with Crippen molar-refractivity contribution >= 4 is 0 Å². The number of hydrogen-bond donors (Lipinski definition) is 2. The molecule has 0 saturated heterocycles. The number of nitrogens with zero attached hydrogens (tertiary/aromatic N) is 3. The Kier molecular flexibility index (Phi) is 5.18. The van der Waals surface area contributed by atoms with Gasteiger partial charge in [-0.25, -0.2) is 4.98 Å². The number of fused-ring (bicyclic) bond motifs is 1. The first-order valence-electron chi connectivity index (χ1n) is 10.3. The first-order chi connectivity index (χ1) is 14.3. The number of aliphatic hydroxyl groups is 1. The van der Waals surface area contributed by atoms with Crippen LogP contribution < -0.4 is 5.32 Å². The number of imidazole rings is 1. The molecule has 1 aliphatic heterocycles. The Morgan fingerprint density at radius 3 is 3.00 bits per heavy atom. The van der Waals surface area contributed by atoms with Crippen LogP contribution in [0, 0.1) is 5.92 Å². The van der Waals surface area contributed by atoms with Crippen LogP contribution in [0.1, 0.15) is 29.9 Å². The molecule has 1 fully saturated rings. The Bertz CT molecular complexity index is 952. The third kappa shape index (κ3) is 3.85. The lowest BCUT2D eigenvalue weighted by Crippen LogP contribution is -2.35. The van der Waals surface area contributed by atoms with E-state index in [1.54, 1.807) is 0 Å². The van der Waals surface area contributed by atoms with E-state index in [2.05, 4.69) is 32.2 Å². The third-order valence-corrected chi connectivity index (χ3v) is 6.03. The second kappa shape index (κ2) is 8.10. The van der Waals surface area contributed by atoms with Crippen LogP contribution in [0.25, 0.3) is 11.4 Å². The van der Waals surface area contributed by atoms with E-state index in [9.17, 15) is 5.11 Å². The van der Waals surface area contributed by atoms with Crippen LogP contribution in [0.15, 0.2) is 47.2 Å². The zero-order valence-electron chi connectivity index (χ0n) is 16.3. The second-order valence-electron chi connectivity index (χ2n) is 7.99. The summed E-state index contributed by atoms with van der Waals surface area (Å²) < 4.78 is 13.2. The summed E-state index contributed by atoms with van der Waals surface area (Å²) in [4.78, 5) is 4.53. The van der Waals surface area contributed by atoms with Gasteiger partial charge in [0.2, 0.25) is 0 Å². The van der Waals surface area contributed by atoms with E-state index in [1.165, 1.54) is 0 Å². The van der Waals surface area contributed by atoms with Crippen molar-refractivity contribution in [1.82, 2.24) is 20.0 Å². The van der Waals surface area contributed by atoms with Gasteiger partial charge in [0.05, 0.1) is 19.3 Å². The van der Waals surface area contributed by atoms with Gasteiger partial charge >= 0.3 is 0 Å². The van der Waals surface area contributed by atoms with E-state index in [1.807, 2.05) is 30.6 Å². The molecule has 7 heteroatoms. The van der Waals surface area contributed by atoms with Gasteiger partial charge in [-0.05, 0) is 18.8 Å². The van der Waals surface area contributed by atoms with Crippen LogP contribution in [0.4, 0.5) is 0 Å². The Morgan fingerprint density at radius 1 is 1.21 bits per heavy atom. The summed E-state index contributed by atoms with van der Waals surface area (Å²) in [6, 6.07) is 10.3. The molecule has 2 aliphatic rings. The highest BCUT2D eigenvalue weighted by molar-refractivity contribution is 5.55. The fraction of sp³-hybridized carbons (Fsp3) is 0.455. The normalized spacial score (nSPS) is 24.0. The summed E-state index contributed by atoms with van der Waals surface area (Å²) in [6.07, 6.45) is 6.00. The quantitative estimate of drug-likeness (QED) is 0.668. The molecule has 2 aromatic heterocycles. The van der Waals surface area contributed by atoms with Gasteiger partial charge in [-0.2, -0.15) is 0 Å². The maximum absolute atomic E-state index is 10.6. The van der Waals surface area contributed by atoms with Crippen LogP contribution >= 0.6 is 0 Å². The molecule has 152 valence electrons. The minimum Gasteiger partial charge on any atom is -0.391 e. The van der Waals surface area contributed by atoms with Crippen molar-refractivity contribution in [2.45, 2.75) is 51.1 Å². The lowest BCUT2D eigenvalue weighted by atomic mass is 10.1. The van der Waals surface area contributed by atoms with Gasteiger partial charge in [-0.3, -0.25) is 0 Å². The van der Waals surface area contributed by atoms with Gasteiger partial charge in [0.25, 0.3) is 0 Å². The van der Waals surface area contributed by atoms with Crippen molar-refractivity contribution < 1.29 is 14.4 Å². The van der Waals surface area contributed by atoms with Crippen LogP contribution in [-0.2, 0) is 30.9 Å². The Morgan fingerprint density at radius 2 is 2.10 bits per heavy atom. The number of ether oxygens (including phenoxy) is 1. The van der Waals surface area contributed by atoms with Crippen molar-refractivity contribution in [3.05, 3.63) is 59.7 Å². The summed E-state index contributed by atoms with van der Waals surface area (Å²) in [7, 11) is 0. The summed E-state index contributed by atoms with van der Waals surface area (Å²) in [5.41, 5.74) is 3.08. The molecule has 0 bridgehead atoms. The highest BCUT2D eigenvalue weighted by Crippen LogP contribution is 2.30. The number of hydrogen-bond acceptors (Lipinski definition) is 6. The number of benzene rings is 1. The predicted octanol–water partition coefficient (Wildman–Crippen LogP) is 2.54. The molecule has 0 spiro atoms. The van der Waals surface area contributed by atoms with Crippen LogP contribution in [0.2, 0.25) is 0 Å². The molecule has 5 rings (SSSR count). The van der Waals surface area contributed by atoms with E-state index in [0.717, 1.165) is 54.2 Å². The van der Waals surface area contributed by atoms with Crippen molar-refractivity contribution in [2.75, 3.05) is 6.61 Å². The Labute approximate surface area is 169 Å². The summed E-state index contributed by atoms with van der Waals surface area (Å²) in [6.45, 7) is 2.70. The molecule has 0 radical (unpaired) electrons. The predicted molar refractivity (Wildman–Crippen MR) is 107 cm³/mol. The molecule has 3 heterocycles. The number of aliphatic hydroxyl groups excluding tert-OH is 1. The average Bonchev–Trinajstić information content (AvgIpc) is 3.46. The maximum Gasteiger partial charge on any atom is 0.144 e. The third-order valence-electron chi connectivity index (χ3n) is 6.03. The van der Waals surface area contributed by atoms with E-state index in [-0.39, 0.29) is 12.1 Å². The number of nitrogens with one attached hydrogen (secondary N) is 1. The monoisotopic (exact) mass is 394 g/mol. The molecule has 0 amide bonds. The first-order valence-corrected chi connectivity index (χ1v) is 10.3. The molecular weight excluding hydrogens is 368 g/mol. The smallest absolute Gasteiger partial charge is 0.144 e. The lowest BCUT2D eigenvalue weighted by molar-refractivity contribution is 0.102. The van der Waals surface area contributed by atoms with Crippen molar-refractivity contribution in [3.8, 4) is 11.4 Å². The zero-order valence-corrected chi connectivity index (χ0v) is 16.3. The SMILES string of the molecule is O[C@@H]1CC(Cn2ccnc2-c2ccccc2)C[C@H]1NCc1noc2c1COCC2. The molecule has 1 saturated carbocycles. The van der Waals surface area contributed by atoms with E-state index >= 15 is 0 Å². The minimum atomic E-state index is -0.359. The van der Waals surface area contributed by atoms with Gasteiger partial charge in [0.15, 0.2) is 0 Å². The minimum absolute atomic E-state index is 0.0561. The van der Waals surface area contributed by atoms with Crippen LogP contribution in [0.5, 0.6) is 0 Å². The van der Waals surface area contributed by atoms with E-state index in [4.69, 9.17) is 9.26 Å². The lowest BCUT2D eigenvalue weighted by Gasteiger charge is -2.17. The van der Waals surface area contributed by atoms with Gasteiger partial charge in [-0.1, -0.05) is 35.5 Å². The summed E-state index contributed by atoms with van der Waals surface area (Å²) in [5, 5.41) is 18.3. The van der Waals surface area contributed by atoms with E-state index < -0.39 is 0 Å². The van der Waals surface area contributed by atoms with Gasteiger partial charge in [0, 0.05) is 49.1 Å². The molecule has 7 nitrogen and oxygen atoms in total. The highest BCUT2D eigenvalue weighted by Gasteiger charge is 2.33. The Balaban J connectivity index is 1.21. The van der Waals surface area contributed by atoms with Crippen LogP contribution in [0.3, 0.4) is 0 Å². The molecule has 3 atom stereocenters. The highest BCUT2D eigenvalue weighted by atomic mass is 16.5. The van der Waals surface area contributed by atoms with Gasteiger partial charge in [-0.15, -0.1) is 0 Å². The topological polar surface area (TPSA) is 85.3 Å². The fourth-order valence-corrected chi connectivity index (χ4v) is 4.52. The average molecular weight is 394 g/mol. The zero-order chi connectivity index (χ0) is 19.6. The van der Waals surface area contributed by atoms with Crippen molar-refractivity contribution in [1.29, 1.82) is 0 Å². The molecule has 1 aliphatic carbocycles. The van der Waals surface area contributed by atoms with Crippen molar-refractivity contribution in [2.24, 2.45) is 5.92 Å². The molecule has 2 N–H and O–H groups in total. The van der Waals surface area contributed by atoms with Gasteiger partial charge < -0.3 is 24.3 Å². The first kappa shape index (κ1) is 18.5. The number of rotatable bonds is 6. The molecule has 1 aromatic carbocycles. The molecule has 1 unspecified atom stereocenters. The largest absolute Gasteiger partial charge is 0.391 e. The molecular formula is C22H26N4O3. The van der Waals surface area contributed by atoms with Crippen LogP contribution in [-0.4, -0.2) is 38.6 Å². The maximum atomic E-state index is 10.6. The molecule has 3 aromatic rings. The fourth-order valence-electron chi connectivity index (χ4n) is 4.52. The van der Waals surface area contributed by atoms with Crippen molar-refractivity contribution in [3.63, 3.8) is 0 Å². The summed E-state index contributed by atoms with van der Waals surface area (Å²) >= 11 is 0. The molecule has 29 heavy (non-hydrogen) atoms. The second-order valence-corrected chi connectivity index (χ2v) is 7.99. The Hall–Kier alpha value is -2.48. The number of aromatic nitrogens is 3. The standard InChI is InChI=1S/C22H26N4O3/c27-20-11-15(13-26-8-7-23-22(26)16-4-2-1-3-5-16)10-18(20)24-12-19-17-14-28-9-6-21(17)29-25-19/h1-5,7-8,15,18,20,24,27H,6,9-14H2/t15?,18-,20-/m1/s1. The summed E-state index contributed by atoms with van der Waals surface area (Å²) in [5.74, 6) is 2.31. The van der Waals surface area contributed by atoms with E-state index in [0.29, 0.717) is 25.7 Å².